The van der Waals surface area contributed by atoms with Gasteiger partial charge in [-0.15, -0.1) is 0 Å². The molecule has 6 rings (SSSR count). The molecule has 0 fully saturated rings. The fourth-order valence-electron chi connectivity index (χ4n) is 7.88. The van der Waals surface area contributed by atoms with Crippen LogP contribution in [-0.4, -0.2) is 81.4 Å². The maximum Gasteiger partial charge on any atom is 0.141 e. The maximum atomic E-state index is 6.16. The molecular formula is C48H64N6O2. The molecule has 0 aliphatic rings. The highest BCUT2D eigenvalue weighted by Crippen LogP contribution is 2.29. The average molecular weight is 757 g/mol. The van der Waals surface area contributed by atoms with E-state index >= 15 is 0 Å². The Morgan fingerprint density at radius 1 is 0.446 bits per heavy atom. The molecule has 0 amide bonds. The standard InChI is InChI=1S/C48H64N6O2/c1-5-29-51(30-6-2)33-15-37-55-41-25-21-39(22-26-41)47-49-43-17-9-11-19-45(43)53(47)35-13-14-36-54-46-20-12-10-18-44(46)50-48(54)40-23-27-42(28-24-40)56-38-16-34-52(31-7-3)32-8-4/h9-12,17-28H,5-8,13-16,29-38H2,1-4H3. The van der Waals surface area contributed by atoms with Crippen molar-refractivity contribution in [1.29, 1.82) is 0 Å². The van der Waals surface area contributed by atoms with Crippen molar-refractivity contribution in [2.45, 2.75) is 92.2 Å². The number of aromatic nitrogens is 4. The summed E-state index contributed by atoms with van der Waals surface area (Å²) in [5, 5.41) is 0. The van der Waals surface area contributed by atoms with E-state index in [1.54, 1.807) is 0 Å². The summed E-state index contributed by atoms with van der Waals surface area (Å²) in [6.45, 7) is 19.0. The molecule has 2 heterocycles. The lowest BCUT2D eigenvalue weighted by atomic mass is 10.2. The normalized spacial score (nSPS) is 11.8. The van der Waals surface area contributed by atoms with Crippen molar-refractivity contribution >= 4 is 22.1 Å². The van der Waals surface area contributed by atoms with Gasteiger partial charge in [-0.05, 0) is 150 Å². The number of rotatable bonds is 25. The van der Waals surface area contributed by atoms with Gasteiger partial charge in [0.2, 0.25) is 0 Å². The number of benzene rings is 4. The number of aryl methyl sites for hydroxylation is 2. The van der Waals surface area contributed by atoms with Gasteiger partial charge in [0.05, 0.1) is 35.3 Å². The van der Waals surface area contributed by atoms with Crippen LogP contribution in [-0.2, 0) is 13.1 Å². The molecule has 0 N–H and O–H groups in total. The minimum Gasteiger partial charge on any atom is -0.494 e. The molecule has 0 aliphatic carbocycles. The summed E-state index contributed by atoms with van der Waals surface area (Å²) in [6, 6.07) is 34.0. The molecular weight excluding hydrogens is 693 g/mol. The van der Waals surface area contributed by atoms with Gasteiger partial charge in [-0.2, -0.15) is 0 Å². The highest BCUT2D eigenvalue weighted by atomic mass is 16.5. The van der Waals surface area contributed by atoms with Crippen molar-refractivity contribution in [2.75, 3.05) is 52.5 Å². The molecule has 8 heteroatoms. The first-order valence-electron chi connectivity index (χ1n) is 21.4. The van der Waals surface area contributed by atoms with Gasteiger partial charge >= 0.3 is 0 Å². The van der Waals surface area contributed by atoms with Crippen LogP contribution in [0.1, 0.15) is 79.1 Å². The molecule has 6 aromatic rings. The van der Waals surface area contributed by atoms with Crippen molar-refractivity contribution in [3.8, 4) is 34.3 Å². The second kappa shape index (κ2) is 21.6. The number of ether oxygens (including phenoxy) is 2. The molecule has 0 atom stereocenters. The zero-order valence-electron chi connectivity index (χ0n) is 34.5. The molecule has 0 aliphatic heterocycles. The summed E-state index contributed by atoms with van der Waals surface area (Å²) in [7, 11) is 0. The topological polar surface area (TPSA) is 60.6 Å². The molecule has 0 bridgehead atoms. The van der Waals surface area contributed by atoms with Crippen LogP contribution in [0, 0.1) is 0 Å². The monoisotopic (exact) mass is 757 g/mol. The molecule has 298 valence electrons. The van der Waals surface area contributed by atoms with Gasteiger partial charge in [0, 0.05) is 37.3 Å². The quantitative estimate of drug-likeness (QED) is 0.0542. The van der Waals surface area contributed by atoms with Crippen molar-refractivity contribution in [1.82, 2.24) is 28.9 Å². The predicted molar refractivity (Wildman–Crippen MR) is 234 cm³/mol. The van der Waals surface area contributed by atoms with E-state index in [9.17, 15) is 0 Å². The van der Waals surface area contributed by atoms with E-state index in [4.69, 9.17) is 19.4 Å². The van der Waals surface area contributed by atoms with Crippen LogP contribution in [0.5, 0.6) is 11.5 Å². The van der Waals surface area contributed by atoms with Gasteiger partial charge in [-0.3, -0.25) is 0 Å². The van der Waals surface area contributed by atoms with Crippen LogP contribution >= 0.6 is 0 Å². The smallest absolute Gasteiger partial charge is 0.141 e. The number of imidazole rings is 2. The van der Waals surface area contributed by atoms with Crippen molar-refractivity contribution in [3.63, 3.8) is 0 Å². The number of para-hydroxylation sites is 4. The molecule has 0 saturated heterocycles. The van der Waals surface area contributed by atoms with E-state index in [2.05, 4.69) is 144 Å². The Morgan fingerprint density at radius 3 is 1.20 bits per heavy atom. The number of nitrogens with zero attached hydrogens (tertiary/aromatic N) is 6. The van der Waals surface area contributed by atoms with Gasteiger partial charge < -0.3 is 28.4 Å². The number of unbranched alkanes of at least 4 members (excludes halogenated alkanes) is 1. The molecule has 2 aromatic heterocycles. The molecule has 4 aromatic carbocycles. The number of fused-ring (bicyclic) bond motifs is 2. The Hall–Kier alpha value is -4.66. The van der Waals surface area contributed by atoms with Crippen molar-refractivity contribution in [2.24, 2.45) is 0 Å². The van der Waals surface area contributed by atoms with Gasteiger partial charge in [0.15, 0.2) is 0 Å². The lowest BCUT2D eigenvalue weighted by molar-refractivity contribution is 0.234. The molecule has 0 saturated carbocycles. The summed E-state index contributed by atoms with van der Waals surface area (Å²) >= 11 is 0. The summed E-state index contributed by atoms with van der Waals surface area (Å²) in [6.07, 6.45) is 8.86. The summed E-state index contributed by atoms with van der Waals surface area (Å²) in [5.74, 6) is 3.83. The summed E-state index contributed by atoms with van der Waals surface area (Å²) in [4.78, 5) is 15.3. The molecule has 8 nitrogen and oxygen atoms in total. The predicted octanol–water partition coefficient (Wildman–Crippen LogP) is 11.0. The Morgan fingerprint density at radius 2 is 0.821 bits per heavy atom. The van der Waals surface area contributed by atoms with Crippen LogP contribution in [0.4, 0.5) is 0 Å². The van der Waals surface area contributed by atoms with Crippen LogP contribution < -0.4 is 9.47 Å². The van der Waals surface area contributed by atoms with Gasteiger partial charge in [-0.25, -0.2) is 9.97 Å². The number of hydrogen-bond acceptors (Lipinski definition) is 6. The lowest BCUT2D eigenvalue weighted by Gasteiger charge is -2.20. The minimum atomic E-state index is 0.729. The highest BCUT2D eigenvalue weighted by Gasteiger charge is 2.15. The van der Waals surface area contributed by atoms with E-state index in [1.165, 1.54) is 36.7 Å². The third-order valence-electron chi connectivity index (χ3n) is 10.5. The third-order valence-corrected chi connectivity index (χ3v) is 10.5. The summed E-state index contributed by atoms with van der Waals surface area (Å²) in [5.41, 5.74) is 6.60. The molecule has 0 radical (unpaired) electrons. The average Bonchev–Trinajstić information content (AvgIpc) is 3.79. The van der Waals surface area contributed by atoms with E-state index in [0.717, 1.165) is 137 Å². The van der Waals surface area contributed by atoms with Gasteiger partial charge in [0.1, 0.15) is 23.1 Å². The van der Waals surface area contributed by atoms with Crippen LogP contribution in [0.2, 0.25) is 0 Å². The fourth-order valence-corrected chi connectivity index (χ4v) is 7.88. The fraction of sp³-hybridized carbons (Fsp3) is 0.458. The molecule has 0 spiro atoms. The first-order chi connectivity index (χ1) is 27.6. The van der Waals surface area contributed by atoms with Crippen LogP contribution in [0.3, 0.4) is 0 Å². The van der Waals surface area contributed by atoms with E-state index in [-0.39, 0.29) is 0 Å². The highest BCUT2D eigenvalue weighted by molar-refractivity contribution is 5.81. The molecule has 56 heavy (non-hydrogen) atoms. The van der Waals surface area contributed by atoms with Gasteiger partial charge in [-0.1, -0.05) is 52.0 Å². The third kappa shape index (κ3) is 11.0. The van der Waals surface area contributed by atoms with Crippen molar-refractivity contribution < 1.29 is 9.47 Å². The summed E-state index contributed by atoms with van der Waals surface area (Å²) < 4.78 is 17.1. The van der Waals surface area contributed by atoms with Crippen LogP contribution in [0.25, 0.3) is 44.8 Å². The second-order valence-electron chi connectivity index (χ2n) is 15.0. The Balaban J connectivity index is 1.08. The van der Waals surface area contributed by atoms with E-state index in [1.807, 2.05) is 0 Å². The second-order valence-corrected chi connectivity index (χ2v) is 15.0. The van der Waals surface area contributed by atoms with E-state index in [0.29, 0.717) is 0 Å². The molecule has 0 unspecified atom stereocenters. The largest absolute Gasteiger partial charge is 0.494 e. The Bertz CT molecular complexity index is 1870. The van der Waals surface area contributed by atoms with Gasteiger partial charge in [0.25, 0.3) is 0 Å². The maximum absolute atomic E-state index is 6.16. The van der Waals surface area contributed by atoms with E-state index < -0.39 is 0 Å². The zero-order chi connectivity index (χ0) is 39.0. The van der Waals surface area contributed by atoms with Crippen LogP contribution in [0.15, 0.2) is 97.1 Å². The van der Waals surface area contributed by atoms with Crippen molar-refractivity contribution in [3.05, 3.63) is 97.1 Å². The zero-order valence-corrected chi connectivity index (χ0v) is 34.5. The SMILES string of the molecule is CCCN(CCC)CCCOc1ccc(-c2nc3ccccc3n2CCCCn2c(-c3ccc(OCCCN(CCC)CCC)cc3)nc3ccccc32)cc1. The minimum absolute atomic E-state index is 0.729. The first kappa shape index (κ1) is 41.0. The number of hydrogen-bond donors (Lipinski definition) is 0. The lowest BCUT2D eigenvalue weighted by Crippen LogP contribution is -2.27. The Labute approximate surface area is 335 Å². The Kier molecular flexibility index (Phi) is 15.8. The first-order valence-corrected chi connectivity index (χ1v) is 21.4.